The molecule has 0 atom stereocenters. The third-order valence-corrected chi connectivity index (χ3v) is 5.81. The molecular weight excluding hydrogens is 394 g/mol. The zero-order valence-corrected chi connectivity index (χ0v) is 17.4. The number of anilines is 1. The average Bonchev–Trinajstić information content (AvgIpc) is 2.80. The van der Waals surface area contributed by atoms with Crippen LogP contribution in [0.25, 0.3) is 10.9 Å². The van der Waals surface area contributed by atoms with Gasteiger partial charge in [0.25, 0.3) is 5.56 Å². The molecule has 4 rings (SSSR count). The molecule has 0 aliphatic rings. The molecule has 0 saturated carbocycles. The number of carbonyl (C=O) groups excluding carboxylic acids is 1. The zero-order chi connectivity index (χ0) is 20.9. The lowest BCUT2D eigenvalue weighted by atomic mass is 10.2. The molecule has 6 heteroatoms. The van der Waals surface area contributed by atoms with E-state index < -0.39 is 0 Å². The standard InChI is InChI=1S/C24H21N3O2S/c1-26(19-12-6-3-7-13-19)22(28)17-30-24-25-21-15-9-8-14-20(21)23(29)27(24)16-18-10-4-2-5-11-18/h2-15H,16-17H2,1H3. The Hall–Kier alpha value is -3.38. The van der Waals surface area contributed by atoms with Gasteiger partial charge in [0.2, 0.25) is 5.91 Å². The summed E-state index contributed by atoms with van der Waals surface area (Å²) in [6.45, 7) is 0.405. The summed E-state index contributed by atoms with van der Waals surface area (Å²) in [6, 6.07) is 26.6. The lowest BCUT2D eigenvalue weighted by Gasteiger charge is -2.18. The van der Waals surface area contributed by atoms with Crippen LogP contribution in [0.5, 0.6) is 0 Å². The van der Waals surface area contributed by atoms with Gasteiger partial charge in [-0.1, -0.05) is 72.4 Å². The molecule has 1 amide bonds. The molecule has 0 spiro atoms. The van der Waals surface area contributed by atoms with Crippen molar-refractivity contribution in [3.63, 3.8) is 0 Å². The Morgan fingerprint density at radius 2 is 1.57 bits per heavy atom. The molecule has 0 fully saturated rings. The Labute approximate surface area is 179 Å². The van der Waals surface area contributed by atoms with Crippen molar-refractivity contribution in [2.24, 2.45) is 0 Å². The number of nitrogens with zero attached hydrogens (tertiary/aromatic N) is 3. The molecule has 0 saturated heterocycles. The van der Waals surface area contributed by atoms with Crippen LogP contribution in [0.3, 0.4) is 0 Å². The van der Waals surface area contributed by atoms with E-state index in [9.17, 15) is 9.59 Å². The molecule has 0 unspecified atom stereocenters. The van der Waals surface area contributed by atoms with Crippen molar-refractivity contribution >= 4 is 34.3 Å². The normalized spacial score (nSPS) is 10.8. The molecule has 4 aromatic rings. The molecule has 0 aliphatic carbocycles. The number of aromatic nitrogens is 2. The summed E-state index contributed by atoms with van der Waals surface area (Å²) in [5, 5.41) is 1.11. The summed E-state index contributed by atoms with van der Waals surface area (Å²) < 4.78 is 1.65. The summed E-state index contributed by atoms with van der Waals surface area (Å²) in [5.74, 6) is 0.130. The number of fused-ring (bicyclic) bond motifs is 1. The van der Waals surface area contributed by atoms with E-state index >= 15 is 0 Å². The van der Waals surface area contributed by atoms with E-state index in [-0.39, 0.29) is 17.2 Å². The van der Waals surface area contributed by atoms with Crippen LogP contribution in [0, 0.1) is 0 Å². The Balaban J connectivity index is 1.64. The fourth-order valence-corrected chi connectivity index (χ4v) is 4.09. The first-order valence-corrected chi connectivity index (χ1v) is 10.6. The van der Waals surface area contributed by atoms with Crippen LogP contribution in [-0.4, -0.2) is 28.3 Å². The predicted molar refractivity (Wildman–Crippen MR) is 122 cm³/mol. The van der Waals surface area contributed by atoms with Crippen LogP contribution in [-0.2, 0) is 11.3 Å². The largest absolute Gasteiger partial charge is 0.315 e. The van der Waals surface area contributed by atoms with Crippen LogP contribution < -0.4 is 10.5 Å². The van der Waals surface area contributed by atoms with Gasteiger partial charge in [0.15, 0.2) is 5.16 Å². The first-order chi connectivity index (χ1) is 14.6. The maximum atomic E-state index is 13.2. The van der Waals surface area contributed by atoms with Gasteiger partial charge in [0, 0.05) is 12.7 Å². The second-order valence-corrected chi connectivity index (χ2v) is 7.81. The Kier molecular flexibility index (Phi) is 5.95. The van der Waals surface area contributed by atoms with Crippen molar-refractivity contribution in [1.82, 2.24) is 9.55 Å². The molecule has 0 bridgehead atoms. The molecule has 0 aliphatic heterocycles. The molecule has 0 N–H and O–H groups in total. The van der Waals surface area contributed by atoms with Crippen LogP contribution in [0.1, 0.15) is 5.56 Å². The highest BCUT2D eigenvalue weighted by Gasteiger charge is 2.16. The highest BCUT2D eigenvalue weighted by atomic mass is 32.2. The molecular formula is C24H21N3O2S. The summed E-state index contributed by atoms with van der Waals surface area (Å²) in [5.41, 5.74) is 2.37. The van der Waals surface area contributed by atoms with Crippen LogP contribution in [0.15, 0.2) is 94.9 Å². The molecule has 150 valence electrons. The third-order valence-electron chi connectivity index (χ3n) is 4.85. The second-order valence-electron chi connectivity index (χ2n) is 6.87. The van der Waals surface area contributed by atoms with Gasteiger partial charge >= 0.3 is 0 Å². The third kappa shape index (κ3) is 4.28. The highest BCUT2D eigenvalue weighted by Crippen LogP contribution is 2.21. The number of carbonyl (C=O) groups is 1. The monoisotopic (exact) mass is 415 g/mol. The number of hydrogen-bond acceptors (Lipinski definition) is 4. The van der Waals surface area contributed by atoms with Crippen molar-refractivity contribution in [2.45, 2.75) is 11.7 Å². The van der Waals surface area contributed by atoms with Crippen molar-refractivity contribution < 1.29 is 4.79 Å². The summed E-state index contributed by atoms with van der Waals surface area (Å²) in [7, 11) is 1.75. The van der Waals surface area contributed by atoms with Crippen LogP contribution in [0.4, 0.5) is 5.69 Å². The lowest BCUT2D eigenvalue weighted by molar-refractivity contribution is -0.115. The van der Waals surface area contributed by atoms with E-state index in [1.807, 2.05) is 78.9 Å². The van der Waals surface area contributed by atoms with E-state index in [1.165, 1.54) is 11.8 Å². The Morgan fingerprint density at radius 1 is 0.933 bits per heavy atom. The number of amides is 1. The minimum absolute atomic E-state index is 0.0557. The van der Waals surface area contributed by atoms with Crippen molar-refractivity contribution in [2.75, 3.05) is 17.7 Å². The molecule has 1 heterocycles. The maximum Gasteiger partial charge on any atom is 0.262 e. The molecule has 1 aromatic heterocycles. The topological polar surface area (TPSA) is 55.2 Å². The zero-order valence-electron chi connectivity index (χ0n) is 16.6. The van der Waals surface area contributed by atoms with E-state index in [2.05, 4.69) is 0 Å². The first-order valence-electron chi connectivity index (χ1n) is 9.61. The summed E-state index contributed by atoms with van der Waals surface area (Å²) >= 11 is 1.29. The van der Waals surface area contributed by atoms with Crippen molar-refractivity contribution in [3.8, 4) is 0 Å². The SMILES string of the molecule is CN(C(=O)CSc1nc2ccccc2c(=O)n1Cc1ccccc1)c1ccccc1. The van der Waals surface area contributed by atoms with E-state index in [4.69, 9.17) is 4.98 Å². The molecule has 3 aromatic carbocycles. The van der Waals surface area contributed by atoms with Crippen molar-refractivity contribution in [3.05, 3.63) is 101 Å². The molecule has 5 nitrogen and oxygen atoms in total. The highest BCUT2D eigenvalue weighted by molar-refractivity contribution is 7.99. The van der Waals surface area contributed by atoms with Gasteiger partial charge in [-0.2, -0.15) is 0 Å². The quantitative estimate of drug-likeness (QED) is 0.350. The predicted octanol–water partition coefficient (Wildman–Crippen LogP) is 4.20. The maximum absolute atomic E-state index is 13.2. The number of rotatable bonds is 6. The minimum Gasteiger partial charge on any atom is -0.315 e. The fraction of sp³-hybridized carbons (Fsp3) is 0.125. The van der Waals surface area contributed by atoms with Gasteiger partial charge in [-0.15, -0.1) is 0 Å². The van der Waals surface area contributed by atoms with E-state index in [1.54, 1.807) is 22.6 Å². The molecule has 30 heavy (non-hydrogen) atoms. The number of hydrogen-bond donors (Lipinski definition) is 0. The minimum atomic E-state index is -0.101. The number of thioether (sulfide) groups is 1. The van der Waals surface area contributed by atoms with Gasteiger partial charge in [-0.3, -0.25) is 14.2 Å². The fourth-order valence-electron chi connectivity index (χ4n) is 3.18. The van der Waals surface area contributed by atoms with Gasteiger partial charge in [0.05, 0.1) is 23.2 Å². The smallest absolute Gasteiger partial charge is 0.262 e. The Morgan fingerprint density at radius 3 is 2.30 bits per heavy atom. The van der Waals surface area contributed by atoms with Crippen LogP contribution in [0.2, 0.25) is 0 Å². The van der Waals surface area contributed by atoms with Gasteiger partial charge in [-0.05, 0) is 29.8 Å². The Bertz CT molecular complexity index is 1220. The van der Waals surface area contributed by atoms with E-state index in [0.29, 0.717) is 22.6 Å². The van der Waals surface area contributed by atoms with E-state index in [0.717, 1.165) is 11.3 Å². The lowest BCUT2D eigenvalue weighted by Crippen LogP contribution is -2.29. The second kappa shape index (κ2) is 8.97. The number of benzene rings is 3. The first kappa shape index (κ1) is 19.9. The number of para-hydroxylation sites is 2. The summed E-state index contributed by atoms with van der Waals surface area (Å²) in [6.07, 6.45) is 0. The molecule has 0 radical (unpaired) electrons. The van der Waals surface area contributed by atoms with Gasteiger partial charge in [-0.25, -0.2) is 4.98 Å². The van der Waals surface area contributed by atoms with Crippen LogP contribution >= 0.6 is 11.8 Å². The summed E-state index contributed by atoms with van der Waals surface area (Å²) in [4.78, 5) is 32.2. The van der Waals surface area contributed by atoms with Gasteiger partial charge < -0.3 is 4.90 Å². The van der Waals surface area contributed by atoms with Crippen molar-refractivity contribution in [1.29, 1.82) is 0 Å². The average molecular weight is 416 g/mol. The van der Waals surface area contributed by atoms with Gasteiger partial charge in [0.1, 0.15) is 0 Å².